The zero-order valence-corrected chi connectivity index (χ0v) is 13.8. The molecule has 1 heterocycles. The van der Waals surface area contributed by atoms with Gasteiger partial charge in [-0.15, -0.1) is 0 Å². The summed E-state index contributed by atoms with van der Waals surface area (Å²) in [7, 11) is 0. The molecular formula is C16H32N2O2. The average molecular weight is 284 g/mol. The van der Waals surface area contributed by atoms with E-state index in [2.05, 4.69) is 25.7 Å². The van der Waals surface area contributed by atoms with Crippen LogP contribution in [0.25, 0.3) is 0 Å². The standard InChI is InChI=1S/C16H32N2O2/c1-5-8-9-10-16(4,6-2)18-13-11-17(12-14-18)15(19)20-7-3/h5-14H2,1-4H3. The maximum atomic E-state index is 11.7. The zero-order chi connectivity index (χ0) is 15.0. The van der Waals surface area contributed by atoms with Gasteiger partial charge >= 0.3 is 6.09 Å². The van der Waals surface area contributed by atoms with Gasteiger partial charge in [0.2, 0.25) is 0 Å². The van der Waals surface area contributed by atoms with Crippen LogP contribution in [0.5, 0.6) is 0 Å². The molecule has 1 fully saturated rings. The van der Waals surface area contributed by atoms with E-state index in [0.717, 1.165) is 26.2 Å². The van der Waals surface area contributed by atoms with Crippen LogP contribution in [-0.2, 0) is 4.74 Å². The lowest BCUT2D eigenvalue weighted by Gasteiger charge is -2.45. The Hall–Kier alpha value is -0.770. The minimum atomic E-state index is -0.156. The van der Waals surface area contributed by atoms with Crippen LogP contribution in [0.2, 0.25) is 0 Å². The number of piperazine rings is 1. The molecule has 1 aliphatic heterocycles. The van der Waals surface area contributed by atoms with Gasteiger partial charge < -0.3 is 9.64 Å². The highest BCUT2D eigenvalue weighted by Gasteiger charge is 2.33. The fourth-order valence-electron chi connectivity index (χ4n) is 2.96. The Morgan fingerprint density at radius 2 is 1.75 bits per heavy atom. The lowest BCUT2D eigenvalue weighted by molar-refractivity contribution is 0.0266. The highest BCUT2D eigenvalue weighted by Crippen LogP contribution is 2.27. The van der Waals surface area contributed by atoms with Crippen LogP contribution in [0.1, 0.15) is 59.8 Å². The largest absolute Gasteiger partial charge is 0.450 e. The number of ether oxygens (including phenoxy) is 1. The smallest absolute Gasteiger partial charge is 0.409 e. The lowest BCUT2D eigenvalue weighted by Crippen LogP contribution is -2.56. The maximum absolute atomic E-state index is 11.7. The Bertz CT molecular complexity index is 288. The maximum Gasteiger partial charge on any atom is 0.409 e. The third kappa shape index (κ3) is 4.65. The van der Waals surface area contributed by atoms with Crippen LogP contribution < -0.4 is 0 Å². The predicted molar refractivity (Wildman–Crippen MR) is 83.0 cm³/mol. The summed E-state index contributed by atoms with van der Waals surface area (Å²) in [5.41, 5.74) is 0.288. The van der Waals surface area contributed by atoms with Gasteiger partial charge in [0.1, 0.15) is 0 Å². The Labute approximate surface area is 124 Å². The summed E-state index contributed by atoms with van der Waals surface area (Å²) < 4.78 is 5.08. The highest BCUT2D eigenvalue weighted by molar-refractivity contribution is 5.67. The molecule has 1 atom stereocenters. The van der Waals surface area contributed by atoms with Crippen molar-refractivity contribution in [1.29, 1.82) is 0 Å². The average Bonchev–Trinajstić information content (AvgIpc) is 2.47. The molecular weight excluding hydrogens is 252 g/mol. The van der Waals surface area contributed by atoms with Crippen LogP contribution in [0.15, 0.2) is 0 Å². The van der Waals surface area contributed by atoms with Crippen molar-refractivity contribution >= 4 is 6.09 Å². The highest BCUT2D eigenvalue weighted by atomic mass is 16.6. The number of carbonyl (C=O) groups excluding carboxylic acids is 1. The minimum absolute atomic E-state index is 0.156. The molecule has 1 aliphatic rings. The van der Waals surface area contributed by atoms with Crippen LogP contribution in [-0.4, -0.2) is 54.2 Å². The van der Waals surface area contributed by atoms with Crippen molar-refractivity contribution in [3.05, 3.63) is 0 Å². The topological polar surface area (TPSA) is 32.8 Å². The minimum Gasteiger partial charge on any atom is -0.450 e. The first-order chi connectivity index (χ1) is 9.57. The van der Waals surface area contributed by atoms with Crippen LogP contribution in [0, 0.1) is 0 Å². The number of nitrogens with zero attached hydrogens (tertiary/aromatic N) is 2. The Morgan fingerprint density at radius 3 is 2.25 bits per heavy atom. The fraction of sp³-hybridized carbons (Fsp3) is 0.938. The van der Waals surface area contributed by atoms with E-state index in [1.165, 1.54) is 32.1 Å². The molecule has 1 saturated heterocycles. The molecule has 0 radical (unpaired) electrons. The third-order valence-electron chi connectivity index (χ3n) is 4.65. The Balaban J connectivity index is 2.46. The fourth-order valence-corrected chi connectivity index (χ4v) is 2.96. The van der Waals surface area contributed by atoms with E-state index in [9.17, 15) is 4.79 Å². The normalized spacial score (nSPS) is 19.7. The SMILES string of the molecule is CCCCCC(C)(CC)N1CCN(C(=O)OCC)CC1. The molecule has 0 aromatic rings. The second kappa shape index (κ2) is 8.50. The van der Waals surface area contributed by atoms with E-state index in [-0.39, 0.29) is 11.6 Å². The summed E-state index contributed by atoms with van der Waals surface area (Å²) in [6.45, 7) is 12.8. The van der Waals surface area contributed by atoms with E-state index in [1.54, 1.807) is 0 Å². The van der Waals surface area contributed by atoms with Crippen LogP contribution >= 0.6 is 0 Å². The molecule has 0 aromatic heterocycles. The summed E-state index contributed by atoms with van der Waals surface area (Å²) in [4.78, 5) is 16.1. The van der Waals surface area contributed by atoms with Gasteiger partial charge in [0.15, 0.2) is 0 Å². The zero-order valence-electron chi connectivity index (χ0n) is 13.8. The van der Waals surface area contributed by atoms with E-state index in [4.69, 9.17) is 4.74 Å². The number of hydrogen-bond donors (Lipinski definition) is 0. The molecule has 0 N–H and O–H groups in total. The van der Waals surface area contributed by atoms with Gasteiger partial charge in [-0.05, 0) is 26.7 Å². The molecule has 118 valence electrons. The lowest BCUT2D eigenvalue weighted by atomic mass is 9.89. The summed E-state index contributed by atoms with van der Waals surface area (Å²) >= 11 is 0. The van der Waals surface area contributed by atoms with Gasteiger partial charge in [-0.1, -0.05) is 33.1 Å². The van der Waals surface area contributed by atoms with Crippen molar-refractivity contribution in [2.75, 3.05) is 32.8 Å². The predicted octanol–water partition coefficient (Wildman–Crippen LogP) is 3.51. The second-order valence-corrected chi connectivity index (χ2v) is 5.98. The summed E-state index contributed by atoms with van der Waals surface area (Å²) in [5.74, 6) is 0. The first-order valence-electron chi connectivity index (χ1n) is 8.24. The van der Waals surface area contributed by atoms with Gasteiger partial charge in [0, 0.05) is 31.7 Å². The first kappa shape index (κ1) is 17.3. The number of amides is 1. The van der Waals surface area contributed by atoms with E-state index in [0.29, 0.717) is 6.61 Å². The molecule has 1 unspecified atom stereocenters. The van der Waals surface area contributed by atoms with E-state index >= 15 is 0 Å². The van der Waals surface area contributed by atoms with Crippen molar-refractivity contribution in [1.82, 2.24) is 9.80 Å². The first-order valence-corrected chi connectivity index (χ1v) is 8.24. The molecule has 0 aromatic carbocycles. The molecule has 4 nitrogen and oxygen atoms in total. The van der Waals surface area contributed by atoms with E-state index in [1.807, 2.05) is 11.8 Å². The molecule has 0 aliphatic carbocycles. The van der Waals surface area contributed by atoms with Crippen molar-refractivity contribution in [3.8, 4) is 0 Å². The number of hydrogen-bond acceptors (Lipinski definition) is 3. The van der Waals surface area contributed by atoms with Crippen molar-refractivity contribution in [3.63, 3.8) is 0 Å². The molecule has 1 amide bonds. The number of rotatable bonds is 7. The molecule has 4 heteroatoms. The quantitative estimate of drug-likeness (QED) is 0.671. The summed E-state index contributed by atoms with van der Waals surface area (Å²) in [5, 5.41) is 0. The molecule has 0 bridgehead atoms. The van der Waals surface area contributed by atoms with Crippen molar-refractivity contribution in [2.45, 2.75) is 65.3 Å². The second-order valence-electron chi connectivity index (χ2n) is 5.98. The molecule has 0 saturated carbocycles. The van der Waals surface area contributed by atoms with Gasteiger partial charge in [-0.25, -0.2) is 4.79 Å². The van der Waals surface area contributed by atoms with Crippen molar-refractivity contribution < 1.29 is 9.53 Å². The molecule has 1 rings (SSSR count). The Kier molecular flexibility index (Phi) is 7.35. The third-order valence-corrected chi connectivity index (χ3v) is 4.65. The van der Waals surface area contributed by atoms with Gasteiger partial charge in [0.25, 0.3) is 0 Å². The molecule has 20 heavy (non-hydrogen) atoms. The summed E-state index contributed by atoms with van der Waals surface area (Å²) in [6, 6.07) is 0. The van der Waals surface area contributed by atoms with Gasteiger partial charge in [-0.2, -0.15) is 0 Å². The van der Waals surface area contributed by atoms with Gasteiger partial charge in [-0.3, -0.25) is 4.90 Å². The van der Waals surface area contributed by atoms with Crippen molar-refractivity contribution in [2.24, 2.45) is 0 Å². The van der Waals surface area contributed by atoms with Crippen LogP contribution in [0.4, 0.5) is 4.79 Å². The van der Waals surface area contributed by atoms with Crippen LogP contribution in [0.3, 0.4) is 0 Å². The number of unbranched alkanes of at least 4 members (excludes halogenated alkanes) is 2. The monoisotopic (exact) mass is 284 g/mol. The summed E-state index contributed by atoms with van der Waals surface area (Å²) in [6.07, 6.45) is 6.18. The molecule has 0 spiro atoms. The number of carbonyl (C=O) groups is 1. The van der Waals surface area contributed by atoms with E-state index < -0.39 is 0 Å². The van der Waals surface area contributed by atoms with Gasteiger partial charge in [0.05, 0.1) is 6.61 Å². The Morgan fingerprint density at radius 1 is 1.10 bits per heavy atom.